The molecular weight excluding hydrogens is 323 g/mol. The van der Waals surface area contributed by atoms with Crippen molar-refractivity contribution in [1.29, 1.82) is 0 Å². The third-order valence-corrected chi connectivity index (χ3v) is 4.07. The maximum Gasteiger partial charge on any atom is 0.263 e. The smallest absolute Gasteiger partial charge is 0.263 e. The minimum Gasteiger partial charge on any atom is -0.263 e. The predicted octanol–water partition coefficient (Wildman–Crippen LogP) is 2.78. The second-order valence-electron chi connectivity index (χ2n) is 3.40. The van der Waals surface area contributed by atoms with Crippen LogP contribution in [0.4, 0.5) is 10.2 Å². The number of anilines is 1. The van der Waals surface area contributed by atoms with Gasteiger partial charge in [-0.25, -0.2) is 17.8 Å². The third kappa shape index (κ3) is 2.85. The zero-order valence-corrected chi connectivity index (χ0v) is 11.4. The Labute approximate surface area is 112 Å². The SMILES string of the molecule is O=S(=O)(Nc1ccccn1)c1ccc(F)c(Br)c1. The lowest BCUT2D eigenvalue weighted by Crippen LogP contribution is -2.13. The number of hydrogen-bond donors (Lipinski definition) is 1. The van der Waals surface area contributed by atoms with Gasteiger partial charge in [0, 0.05) is 6.20 Å². The number of rotatable bonds is 3. The minimum atomic E-state index is -3.76. The molecule has 1 heterocycles. The monoisotopic (exact) mass is 330 g/mol. The summed E-state index contributed by atoms with van der Waals surface area (Å²) in [6.45, 7) is 0. The Kier molecular flexibility index (Phi) is 3.63. The highest BCUT2D eigenvalue weighted by atomic mass is 79.9. The van der Waals surface area contributed by atoms with E-state index in [0.29, 0.717) is 0 Å². The van der Waals surface area contributed by atoms with Crippen molar-refractivity contribution in [1.82, 2.24) is 4.98 Å². The number of hydrogen-bond acceptors (Lipinski definition) is 3. The molecule has 0 bridgehead atoms. The molecule has 0 aliphatic rings. The van der Waals surface area contributed by atoms with Gasteiger partial charge >= 0.3 is 0 Å². The number of pyridine rings is 1. The zero-order chi connectivity index (χ0) is 13.2. The molecule has 0 spiro atoms. The van der Waals surface area contributed by atoms with E-state index in [9.17, 15) is 12.8 Å². The summed E-state index contributed by atoms with van der Waals surface area (Å²) in [5, 5.41) is 0. The van der Waals surface area contributed by atoms with Gasteiger partial charge in [0.1, 0.15) is 11.6 Å². The lowest BCUT2D eigenvalue weighted by Gasteiger charge is -2.07. The van der Waals surface area contributed by atoms with Crippen molar-refractivity contribution >= 4 is 31.8 Å². The van der Waals surface area contributed by atoms with Crippen LogP contribution >= 0.6 is 15.9 Å². The summed E-state index contributed by atoms with van der Waals surface area (Å²) < 4.78 is 39.4. The van der Waals surface area contributed by atoms with Crippen LogP contribution in [-0.4, -0.2) is 13.4 Å². The van der Waals surface area contributed by atoms with Gasteiger partial charge in [-0.05, 0) is 46.3 Å². The normalized spacial score (nSPS) is 11.2. The molecule has 2 aromatic rings. The second-order valence-corrected chi connectivity index (χ2v) is 5.93. The van der Waals surface area contributed by atoms with E-state index >= 15 is 0 Å². The van der Waals surface area contributed by atoms with Crippen LogP contribution in [0.1, 0.15) is 0 Å². The average molecular weight is 331 g/mol. The van der Waals surface area contributed by atoms with E-state index in [1.165, 1.54) is 24.4 Å². The van der Waals surface area contributed by atoms with Crippen LogP contribution in [0.5, 0.6) is 0 Å². The molecule has 1 aromatic heterocycles. The molecule has 7 heteroatoms. The Morgan fingerprint density at radius 1 is 1.22 bits per heavy atom. The van der Waals surface area contributed by atoms with Crippen molar-refractivity contribution in [3.05, 3.63) is 52.9 Å². The Morgan fingerprint density at radius 2 is 2.00 bits per heavy atom. The second kappa shape index (κ2) is 5.03. The van der Waals surface area contributed by atoms with Crippen LogP contribution in [0, 0.1) is 5.82 Å². The molecule has 0 saturated carbocycles. The van der Waals surface area contributed by atoms with Crippen LogP contribution in [0.2, 0.25) is 0 Å². The fraction of sp³-hybridized carbons (Fsp3) is 0. The van der Waals surface area contributed by atoms with E-state index < -0.39 is 15.8 Å². The lowest BCUT2D eigenvalue weighted by molar-refractivity contribution is 0.598. The molecule has 0 radical (unpaired) electrons. The van der Waals surface area contributed by atoms with Gasteiger partial charge in [0.15, 0.2) is 0 Å². The van der Waals surface area contributed by atoms with Crippen LogP contribution < -0.4 is 4.72 Å². The van der Waals surface area contributed by atoms with Gasteiger partial charge in [-0.1, -0.05) is 6.07 Å². The lowest BCUT2D eigenvalue weighted by atomic mass is 10.3. The van der Waals surface area contributed by atoms with Crippen molar-refractivity contribution in [2.75, 3.05) is 4.72 Å². The van der Waals surface area contributed by atoms with Gasteiger partial charge in [0.25, 0.3) is 10.0 Å². The van der Waals surface area contributed by atoms with E-state index in [1.54, 1.807) is 12.1 Å². The number of halogens is 2. The summed E-state index contributed by atoms with van der Waals surface area (Å²) in [5.41, 5.74) is 0. The molecule has 18 heavy (non-hydrogen) atoms. The molecule has 0 amide bonds. The summed E-state index contributed by atoms with van der Waals surface area (Å²) >= 11 is 2.94. The van der Waals surface area contributed by atoms with Gasteiger partial charge in [-0.2, -0.15) is 0 Å². The van der Waals surface area contributed by atoms with Crippen molar-refractivity contribution in [2.24, 2.45) is 0 Å². The fourth-order valence-electron chi connectivity index (χ4n) is 1.26. The summed E-state index contributed by atoms with van der Waals surface area (Å²) in [7, 11) is -3.76. The molecule has 0 unspecified atom stereocenters. The molecule has 1 aromatic carbocycles. The Balaban J connectivity index is 2.34. The molecule has 2 rings (SSSR count). The van der Waals surface area contributed by atoms with Crippen LogP contribution in [0.25, 0.3) is 0 Å². The molecule has 0 aliphatic carbocycles. The molecule has 94 valence electrons. The number of nitrogens with zero attached hydrogens (tertiary/aromatic N) is 1. The standard InChI is InChI=1S/C11H8BrFN2O2S/c12-9-7-8(4-5-10(9)13)18(16,17)15-11-3-1-2-6-14-11/h1-7H,(H,14,15). The minimum absolute atomic E-state index is 0.0403. The number of benzene rings is 1. The quantitative estimate of drug-likeness (QED) is 0.941. The highest BCUT2D eigenvalue weighted by molar-refractivity contribution is 9.10. The average Bonchev–Trinajstić information content (AvgIpc) is 2.33. The van der Waals surface area contributed by atoms with E-state index in [-0.39, 0.29) is 15.2 Å². The first kappa shape index (κ1) is 13.0. The van der Waals surface area contributed by atoms with Crippen molar-refractivity contribution < 1.29 is 12.8 Å². The highest BCUT2D eigenvalue weighted by Crippen LogP contribution is 2.21. The van der Waals surface area contributed by atoms with Crippen molar-refractivity contribution in [2.45, 2.75) is 4.90 Å². The number of nitrogens with one attached hydrogen (secondary N) is 1. The Bertz CT molecular complexity index is 662. The summed E-state index contributed by atoms with van der Waals surface area (Å²) in [6, 6.07) is 8.32. The summed E-state index contributed by atoms with van der Waals surface area (Å²) in [4.78, 5) is 3.81. The van der Waals surface area contributed by atoms with E-state index in [0.717, 1.165) is 6.07 Å². The first-order valence-corrected chi connectivity index (χ1v) is 7.15. The van der Waals surface area contributed by atoms with Crippen molar-refractivity contribution in [3.8, 4) is 0 Å². The largest absolute Gasteiger partial charge is 0.263 e. The maximum atomic E-state index is 13.0. The van der Waals surface area contributed by atoms with E-state index in [2.05, 4.69) is 25.6 Å². The van der Waals surface area contributed by atoms with Crippen LogP contribution in [0.3, 0.4) is 0 Å². The van der Waals surface area contributed by atoms with Gasteiger partial charge in [0.2, 0.25) is 0 Å². The molecule has 0 aliphatic heterocycles. The molecule has 1 N–H and O–H groups in total. The fourth-order valence-corrected chi connectivity index (χ4v) is 2.83. The first-order chi connectivity index (χ1) is 8.49. The summed E-state index contributed by atoms with van der Waals surface area (Å²) in [5.74, 6) is -0.315. The molecular formula is C11H8BrFN2O2S. The number of aromatic nitrogens is 1. The van der Waals surface area contributed by atoms with Crippen LogP contribution in [-0.2, 0) is 10.0 Å². The first-order valence-electron chi connectivity index (χ1n) is 4.88. The zero-order valence-electron chi connectivity index (χ0n) is 8.97. The Hall–Kier alpha value is -1.47. The third-order valence-electron chi connectivity index (χ3n) is 2.11. The van der Waals surface area contributed by atoms with E-state index in [1.807, 2.05) is 0 Å². The van der Waals surface area contributed by atoms with Crippen LogP contribution in [0.15, 0.2) is 52.0 Å². The number of sulfonamides is 1. The topological polar surface area (TPSA) is 59.1 Å². The molecule has 0 fully saturated rings. The molecule has 0 saturated heterocycles. The van der Waals surface area contributed by atoms with Gasteiger partial charge in [0.05, 0.1) is 9.37 Å². The van der Waals surface area contributed by atoms with Gasteiger partial charge in [-0.3, -0.25) is 4.72 Å². The highest BCUT2D eigenvalue weighted by Gasteiger charge is 2.16. The maximum absolute atomic E-state index is 13.0. The van der Waals surface area contributed by atoms with E-state index in [4.69, 9.17) is 0 Å². The Morgan fingerprint density at radius 3 is 2.61 bits per heavy atom. The van der Waals surface area contributed by atoms with Crippen molar-refractivity contribution in [3.63, 3.8) is 0 Å². The van der Waals surface area contributed by atoms with Gasteiger partial charge < -0.3 is 0 Å². The summed E-state index contributed by atoms with van der Waals surface area (Å²) in [6.07, 6.45) is 1.47. The van der Waals surface area contributed by atoms with Gasteiger partial charge in [-0.15, -0.1) is 0 Å². The molecule has 4 nitrogen and oxygen atoms in total. The molecule has 0 atom stereocenters. The predicted molar refractivity (Wildman–Crippen MR) is 69.1 cm³/mol.